The van der Waals surface area contributed by atoms with Gasteiger partial charge in [-0.1, -0.05) is 36.6 Å². The van der Waals surface area contributed by atoms with Gasteiger partial charge in [-0.25, -0.2) is 0 Å². The molecule has 0 aliphatic heterocycles. The lowest BCUT2D eigenvalue weighted by atomic mass is 9.89. The van der Waals surface area contributed by atoms with Crippen LogP contribution in [0.15, 0.2) is 45.3 Å². The number of halogens is 3. The number of furan rings is 1. The van der Waals surface area contributed by atoms with Gasteiger partial charge in [0.1, 0.15) is 11.3 Å². The van der Waals surface area contributed by atoms with Crippen molar-refractivity contribution in [2.24, 2.45) is 5.92 Å². The van der Waals surface area contributed by atoms with Crippen molar-refractivity contribution >= 4 is 11.8 Å². The molecule has 31 heavy (non-hydrogen) atoms. The molecule has 1 saturated carbocycles. The summed E-state index contributed by atoms with van der Waals surface area (Å²) in [6.07, 6.45) is 1.23. The van der Waals surface area contributed by atoms with Crippen LogP contribution in [0, 0.1) is 5.92 Å². The van der Waals surface area contributed by atoms with Gasteiger partial charge >= 0.3 is 6.18 Å². The normalized spacial score (nSPS) is 15.2. The van der Waals surface area contributed by atoms with Crippen molar-refractivity contribution in [1.29, 1.82) is 0 Å². The standard InChI is InChI=1S/C22H22F3N3O3/c23-22(24,25)15-8-4-7-14(11-15)16-9-10-17(30-16)19-18(20(26)31-28-19)21(29)27-12-13-5-2-1-3-6-13/h4,7-11,13H,1-3,5-6,12,26H2,(H,27,29). The molecule has 164 valence electrons. The van der Waals surface area contributed by atoms with Gasteiger partial charge in [0.05, 0.1) is 5.56 Å². The number of nitrogens with two attached hydrogens (primary N) is 1. The van der Waals surface area contributed by atoms with Gasteiger partial charge in [-0.3, -0.25) is 4.79 Å². The number of alkyl halides is 3. The zero-order valence-corrected chi connectivity index (χ0v) is 16.7. The van der Waals surface area contributed by atoms with Gasteiger partial charge in [-0.2, -0.15) is 13.2 Å². The molecule has 0 bridgehead atoms. The Kier molecular flexibility index (Phi) is 5.75. The molecule has 3 aromatic rings. The van der Waals surface area contributed by atoms with E-state index in [9.17, 15) is 18.0 Å². The second-order valence-electron chi connectivity index (χ2n) is 7.73. The van der Waals surface area contributed by atoms with Gasteiger partial charge in [-0.15, -0.1) is 0 Å². The minimum Gasteiger partial charge on any atom is -0.454 e. The quantitative estimate of drug-likeness (QED) is 0.553. The highest BCUT2D eigenvalue weighted by Crippen LogP contribution is 2.35. The summed E-state index contributed by atoms with van der Waals surface area (Å²) in [4.78, 5) is 12.7. The Hall–Kier alpha value is -3.23. The molecule has 4 rings (SSSR count). The largest absolute Gasteiger partial charge is 0.454 e. The van der Waals surface area contributed by atoms with Crippen LogP contribution < -0.4 is 11.1 Å². The molecule has 2 aromatic heterocycles. The maximum Gasteiger partial charge on any atom is 0.416 e. The molecule has 2 heterocycles. The van der Waals surface area contributed by atoms with E-state index in [1.54, 1.807) is 0 Å². The van der Waals surface area contributed by atoms with E-state index in [0.29, 0.717) is 12.5 Å². The number of nitrogens with zero attached hydrogens (tertiary/aromatic N) is 1. The van der Waals surface area contributed by atoms with Crippen molar-refractivity contribution in [2.45, 2.75) is 38.3 Å². The van der Waals surface area contributed by atoms with Gasteiger partial charge in [-0.05, 0) is 43.0 Å². The highest BCUT2D eigenvalue weighted by molar-refractivity contribution is 6.03. The van der Waals surface area contributed by atoms with E-state index in [4.69, 9.17) is 14.7 Å². The van der Waals surface area contributed by atoms with Crippen molar-refractivity contribution in [1.82, 2.24) is 10.5 Å². The van der Waals surface area contributed by atoms with Crippen LogP contribution >= 0.6 is 0 Å². The van der Waals surface area contributed by atoms with E-state index in [1.165, 1.54) is 30.7 Å². The number of nitrogen functional groups attached to an aromatic ring is 1. The van der Waals surface area contributed by atoms with Crippen LogP contribution in [-0.2, 0) is 6.18 Å². The summed E-state index contributed by atoms with van der Waals surface area (Å²) < 4.78 is 49.7. The van der Waals surface area contributed by atoms with Crippen molar-refractivity contribution in [3.63, 3.8) is 0 Å². The maximum atomic E-state index is 13.0. The molecule has 0 saturated heterocycles. The molecule has 0 radical (unpaired) electrons. The van der Waals surface area contributed by atoms with Gasteiger partial charge in [0.25, 0.3) is 5.91 Å². The van der Waals surface area contributed by atoms with Gasteiger partial charge in [0, 0.05) is 12.1 Å². The number of aromatic nitrogens is 1. The molecule has 1 aliphatic rings. The highest BCUT2D eigenvalue weighted by atomic mass is 19.4. The van der Waals surface area contributed by atoms with Crippen LogP contribution in [0.5, 0.6) is 0 Å². The third-order valence-corrected chi connectivity index (χ3v) is 5.54. The summed E-state index contributed by atoms with van der Waals surface area (Å²) in [6, 6.07) is 7.83. The Morgan fingerprint density at radius 2 is 1.87 bits per heavy atom. The van der Waals surface area contributed by atoms with Crippen LogP contribution in [0.1, 0.15) is 48.0 Å². The number of rotatable bonds is 5. The lowest BCUT2D eigenvalue weighted by molar-refractivity contribution is -0.137. The third-order valence-electron chi connectivity index (χ3n) is 5.54. The van der Waals surface area contributed by atoms with Crippen LogP contribution in [-0.4, -0.2) is 17.6 Å². The fourth-order valence-electron chi connectivity index (χ4n) is 3.88. The summed E-state index contributed by atoms with van der Waals surface area (Å²) in [6.45, 7) is 0.538. The molecule has 9 heteroatoms. The Bertz CT molecular complexity index is 1070. The second kappa shape index (κ2) is 8.49. The average Bonchev–Trinajstić information content (AvgIpc) is 3.39. The number of carbonyl (C=O) groups is 1. The Morgan fingerprint density at radius 1 is 1.13 bits per heavy atom. The molecule has 1 fully saturated rings. The summed E-state index contributed by atoms with van der Waals surface area (Å²) in [5.74, 6) is 0.245. The molecule has 1 aliphatic carbocycles. The number of hydrogen-bond donors (Lipinski definition) is 2. The van der Waals surface area contributed by atoms with Crippen molar-refractivity contribution in [3.8, 4) is 22.8 Å². The molecule has 3 N–H and O–H groups in total. The van der Waals surface area contributed by atoms with Crippen LogP contribution in [0.3, 0.4) is 0 Å². The second-order valence-corrected chi connectivity index (χ2v) is 7.73. The lowest BCUT2D eigenvalue weighted by Crippen LogP contribution is -2.30. The van der Waals surface area contributed by atoms with Gasteiger partial charge in [0.2, 0.25) is 5.88 Å². The molecule has 1 aromatic carbocycles. The van der Waals surface area contributed by atoms with Crippen molar-refractivity contribution in [2.75, 3.05) is 12.3 Å². The zero-order chi connectivity index (χ0) is 22.0. The predicted molar refractivity (Wildman–Crippen MR) is 108 cm³/mol. The van der Waals surface area contributed by atoms with E-state index in [1.807, 2.05) is 0 Å². The summed E-state index contributed by atoms with van der Waals surface area (Å²) in [5.41, 5.74) is 5.45. The minimum absolute atomic E-state index is 0.0563. The molecule has 6 nitrogen and oxygen atoms in total. The first-order valence-electron chi connectivity index (χ1n) is 10.1. The van der Waals surface area contributed by atoms with E-state index >= 15 is 0 Å². The van der Waals surface area contributed by atoms with Crippen molar-refractivity contribution < 1.29 is 26.9 Å². The van der Waals surface area contributed by atoms with Gasteiger partial charge in [0.15, 0.2) is 11.5 Å². The summed E-state index contributed by atoms with van der Waals surface area (Å²) in [5, 5.41) is 6.71. The fraction of sp³-hybridized carbons (Fsp3) is 0.364. The maximum absolute atomic E-state index is 13.0. The number of benzene rings is 1. The number of anilines is 1. The molecule has 0 atom stereocenters. The Balaban J connectivity index is 1.55. The number of amides is 1. The van der Waals surface area contributed by atoms with E-state index < -0.39 is 17.6 Å². The molecule has 0 spiro atoms. The monoisotopic (exact) mass is 433 g/mol. The van der Waals surface area contributed by atoms with Crippen molar-refractivity contribution in [3.05, 3.63) is 47.5 Å². The number of hydrogen-bond acceptors (Lipinski definition) is 5. The summed E-state index contributed by atoms with van der Waals surface area (Å²) >= 11 is 0. The first-order valence-corrected chi connectivity index (χ1v) is 10.1. The van der Waals surface area contributed by atoms with E-state index in [-0.39, 0.29) is 34.2 Å². The minimum atomic E-state index is -4.46. The Labute approximate surface area is 176 Å². The van der Waals surface area contributed by atoms with Crippen LogP contribution in [0.2, 0.25) is 0 Å². The average molecular weight is 433 g/mol. The number of nitrogens with one attached hydrogen (secondary N) is 1. The first-order chi connectivity index (χ1) is 14.8. The van der Waals surface area contributed by atoms with Crippen LogP contribution in [0.4, 0.5) is 19.1 Å². The van der Waals surface area contributed by atoms with E-state index in [0.717, 1.165) is 37.8 Å². The summed E-state index contributed by atoms with van der Waals surface area (Å²) in [7, 11) is 0. The van der Waals surface area contributed by atoms with Crippen LogP contribution in [0.25, 0.3) is 22.8 Å². The third kappa shape index (κ3) is 4.60. The van der Waals surface area contributed by atoms with Gasteiger partial charge < -0.3 is 20.0 Å². The lowest BCUT2D eigenvalue weighted by Gasteiger charge is -2.21. The molecular formula is C22H22F3N3O3. The molecule has 1 amide bonds. The number of carbonyl (C=O) groups excluding carboxylic acids is 1. The highest BCUT2D eigenvalue weighted by Gasteiger charge is 2.31. The smallest absolute Gasteiger partial charge is 0.416 e. The predicted octanol–water partition coefficient (Wildman–Crippen LogP) is 5.51. The molecular weight excluding hydrogens is 411 g/mol. The fourth-order valence-corrected chi connectivity index (χ4v) is 3.88. The van der Waals surface area contributed by atoms with E-state index in [2.05, 4.69) is 10.5 Å². The molecule has 0 unspecified atom stereocenters. The topological polar surface area (TPSA) is 94.3 Å². The zero-order valence-electron chi connectivity index (χ0n) is 16.7. The first kappa shape index (κ1) is 21.0. The Morgan fingerprint density at radius 3 is 2.61 bits per heavy atom. The SMILES string of the molecule is Nc1onc(-c2ccc(-c3cccc(C(F)(F)F)c3)o2)c1C(=O)NCC1CCCCC1.